The van der Waals surface area contributed by atoms with Crippen LogP contribution in [-0.4, -0.2) is 0 Å². The molecule has 1 aromatic rings. The molecule has 0 fully saturated rings. The van der Waals surface area contributed by atoms with Gasteiger partial charge < -0.3 is 5.73 Å². The van der Waals surface area contributed by atoms with Crippen LogP contribution in [0.15, 0.2) is 30.9 Å². The molecule has 0 aliphatic heterocycles. The second-order valence-electron chi connectivity index (χ2n) is 3.00. The van der Waals surface area contributed by atoms with Gasteiger partial charge in [-0.1, -0.05) is 17.7 Å². The van der Waals surface area contributed by atoms with E-state index in [0.29, 0.717) is 0 Å². The van der Waals surface area contributed by atoms with Crippen LogP contribution in [0.2, 0.25) is 5.02 Å². The summed E-state index contributed by atoms with van der Waals surface area (Å²) in [6, 6.07) is 2.35. The van der Waals surface area contributed by atoms with Gasteiger partial charge in [0.05, 0.1) is 5.56 Å². The Bertz CT molecular complexity index is 373. The smallest absolute Gasteiger partial charge is 0.321 e. The van der Waals surface area contributed by atoms with Gasteiger partial charge in [-0.2, -0.15) is 13.2 Å². The maximum absolute atomic E-state index is 12.4. The van der Waals surface area contributed by atoms with Gasteiger partial charge in [0.15, 0.2) is 0 Å². The average Bonchev–Trinajstić information content (AvgIpc) is 2.15. The number of alkyl halides is 3. The maximum Gasteiger partial charge on any atom is 0.416 e. The highest BCUT2D eigenvalue weighted by Gasteiger charge is 2.31. The molecule has 0 bridgehead atoms. The van der Waals surface area contributed by atoms with Gasteiger partial charge in [-0.15, -0.1) is 6.58 Å². The number of hydrogen-bond donors (Lipinski definition) is 1. The first kappa shape index (κ1) is 12.1. The standard InChI is InChI=1S/C10H9ClF3N/c1-2-9(15)7-5-6(10(12,13)14)3-4-8(7)11/h2-5,9H,1,15H2/t9-/m1/s1. The van der Waals surface area contributed by atoms with Crippen molar-refractivity contribution in [2.24, 2.45) is 5.73 Å². The zero-order valence-electron chi connectivity index (χ0n) is 7.68. The van der Waals surface area contributed by atoms with E-state index in [1.807, 2.05) is 0 Å². The molecule has 0 aromatic heterocycles. The predicted octanol–water partition coefficient (Wildman–Crippen LogP) is 3.54. The van der Waals surface area contributed by atoms with Gasteiger partial charge in [0.2, 0.25) is 0 Å². The topological polar surface area (TPSA) is 26.0 Å². The first-order valence-electron chi connectivity index (χ1n) is 4.11. The lowest BCUT2D eigenvalue weighted by molar-refractivity contribution is -0.137. The molecule has 0 saturated carbocycles. The highest BCUT2D eigenvalue weighted by molar-refractivity contribution is 6.31. The SMILES string of the molecule is C=C[C@@H](N)c1cc(C(F)(F)F)ccc1Cl. The molecule has 5 heteroatoms. The van der Waals surface area contributed by atoms with Crippen molar-refractivity contribution < 1.29 is 13.2 Å². The lowest BCUT2D eigenvalue weighted by Crippen LogP contribution is -2.11. The Hall–Kier alpha value is -1.00. The summed E-state index contributed by atoms with van der Waals surface area (Å²) in [4.78, 5) is 0. The van der Waals surface area contributed by atoms with Gasteiger partial charge in [0.1, 0.15) is 0 Å². The molecule has 2 N–H and O–H groups in total. The number of rotatable bonds is 2. The van der Waals surface area contributed by atoms with Crippen LogP contribution in [0.25, 0.3) is 0 Å². The fourth-order valence-electron chi connectivity index (χ4n) is 1.10. The van der Waals surface area contributed by atoms with E-state index in [9.17, 15) is 13.2 Å². The Morgan fingerprint density at radius 1 is 1.40 bits per heavy atom. The maximum atomic E-state index is 12.4. The molecule has 0 unspecified atom stereocenters. The Morgan fingerprint density at radius 3 is 2.47 bits per heavy atom. The molecule has 0 heterocycles. The quantitative estimate of drug-likeness (QED) is 0.780. The van der Waals surface area contributed by atoms with Crippen molar-refractivity contribution in [2.75, 3.05) is 0 Å². The van der Waals surface area contributed by atoms with Gasteiger partial charge in [-0.05, 0) is 23.8 Å². The van der Waals surface area contributed by atoms with Gasteiger partial charge >= 0.3 is 6.18 Å². The molecule has 0 aliphatic rings. The number of halogens is 4. The van der Waals surface area contributed by atoms with E-state index >= 15 is 0 Å². The van der Waals surface area contributed by atoms with Crippen molar-refractivity contribution in [3.63, 3.8) is 0 Å². The molecule has 1 atom stereocenters. The van der Waals surface area contributed by atoms with E-state index in [2.05, 4.69) is 6.58 Å². The molecule has 1 rings (SSSR count). The van der Waals surface area contributed by atoms with Crippen molar-refractivity contribution in [3.8, 4) is 0 Å². The second kappa shape index (κ2) is 4.24. The van der Waals surface area contributed by atoms with Gasteiger partial charge in [-0.25, -0.2) is 0 Å². The molecule has 82 valence electrons. The van der Waals surface area contributed by atoms with Crippen LogP contribution in [0, 0.1) is 0 Å². The highest BCUT2D eigenvalue weighted by atomic mass is 35.5. The van der Waals surface area contributed by atoms with E-state index in [4.69, 9.17) is 17.3 Å². The summed E-state index contributed by atoms with van der Waals surface area (Å²) in [6.07, 6.45) is -3.05. The normalized spacial score (nSPS) is 13.7. The van der Waals surface area contributed by atoms with E-state index in [0.717, 1.165) is 12.1 Å². The van der Waals surface area contributed by atoms with Crippen LogP contribution in [-0.2, 0) is 6.18 Å². The van der Waals surface area contributed by atoms with Crippen molar-refractivity contribution in [2.45, 2.75) is 12.2 Å². The third-order valence-corrected chi connectivity index (χ3v) is 2.28. The Morgan fingerprint density at radius 2 is 2.00 bits per heavy atom. The molecular weight excluding hydrogens is 227 g/mol. The highest BCUT2D eigenvalue weighted by Crippen LogP contribution is 2.33. The third-order valence-electron chi connectivity index (χ3n) is 1.94. The second-order valence-corrected chi connectivity index (χ2v) is 3.40. The van der Waals surface area contributed by atoms with Gasteiger partial charge in [-0.3, -0.25) is 0 Å². The third kappa shape index (κ3) is 2.73. The molecule has 0 radical (unpaired) electrons. The summed E-state index contributed by atoms with van der Waals surface area (Å²) in [5.74, 6) is 0. The zero-order valence-corrected chi connectivity index (χ0v) is 8.44. The minimum Gasteiger partial charge on any atom is -0.321 e. The molecule has 0 amide bonds. The Labute approximate surface area is 90.3 Å². The first-order chi connectivity index (χ1) is 6.86. The molecule has 0 spiro atoms. The van der Waals surface area contributed by atoms with Crippen LogP contribution < -0.4 is 5.73 Å². The van der Waals surface area contributed by atoms with E-state index < -0.39 is 17.8 Å². The molecule has 0 aliphatic carbocycles. The van der Waals surface area contributed by atoms with Crippen LogP contribution in [0.1, 0.15) is 17.2 Å². The lowest BCUT2D eigenvalue weighted by Gasteiger charge is -2.13. The number of benzene rings is 1. The summed E-state index contributed by atoms with van der Waals surface area (Å²) in [5.41, 5.74) is 5.00. The van der Waals surface area contributed by atoms with E-state index in [1.165, 1.54) is 12.1 Å². The zero-order chi connectivity index (χ0) is 11.6. The average molecular weight is 236 g/mol. The fraction of sp³-hybridized carbons (Fsp3) is 0.200. The fourth-order valence-corrected chi connectivity index (χ4v) is 1.35. The molecule has 15 heavy (non-hydrogen) atoms. The number of nitrogens with two attached hydrogens (primary N) is 1. The van der Waals surface area contributed by atoms with Crippen LogP contribution in [0.5, 0.6) is 0 Å². The van der Waals surface area contributed by atoms with Crippen LogP contribution in [0.3, 0.4) is 0 Å². The predicted molar refractivity (Wildman–Crippen MR) is 53.6 cm³/mol. The van der Waals surface area contributed by atoms with Crippen molar-refractivity contribution in [3.05, 3.63) is 47.0 Å². The lowest BCUT2D eigenvalue weighted by atomic mass is 10.0. The Balaban J connectivity index is 3.22. The number of hydrogen-bond acceptors (Lipinski definition) is 1. The summed E-state index contributed by atoms with van der Waals surface area (Å²) in [5, 5.41) is 0.204. The van der Waals surface area contributed by atoms with Crippen LogP contribution in [0.4, 0.5) is 13.2 Å². The molecule has 1 nitrogen and oxygen atoms in total. The summed E-state index contributed by atoms with van der Waals surface area (Å²) in [6.45, 7) is 3.41. The minimum atomic E-state index is -4.39. The summed E-state index contributed by atoms with van der Waals surface area (Å²) < 4.78 is 37.1. The largest absolute Gasteiger partial charge is 0.416 e. The van der Waals surface area contributed by atoms with Gasteiger partial charge in [0, 0.05) is 11.1 Å². The minimum absolute atomic E-state index is 0.204. The molecule has 1 aromatic carbocycles. The van der Waals surface area contributed by atoms with Crippen molar-refractivity contribution in [1.82, 2.24) is 0 Å². The van der Waals surface area contributed by atoms with E-state index in [-0.39, 0.29) is 10.6 Å². The summed E-state index contributed by atoms with van der Waals surface area (Å²) >= 11 is 5.72. The van der Waals surface area contributed by atoms with Crippen molar-refractivity contribution >= 4 is 11.6 Å². The van der Waals surface area contributed by atoms with Crippen LogP contribution >= 0.6 is 11.6 Å². The van der Waals surface area contributed by atoms with Crippen molar-refractivity contribution in [1.29, 1.82) is 0 Å². The summed E-state index contributed by atoms with van der Waals surface area (Å²) in [7, 11) is 0. The first-order valence-corrected chi connectivity index (χ1v) is 4.49. The Kier molecular flexibility index (Phi) is 3.42. The molecular formula is C10H9ClF3N. The monoisotopic (exact) mass is 235 g/mol. The van der Waals surface area contributed by atoms with E-state index in [1.54, 1.807) is 0 Å². The molecule has 0 saturated heterocycles. The van der Waals surface area contributed by atoms with Gasteiger partial charge in [0.25, 0.3) is 0 Å².